The van der Waals surface area contributed by atoms with Gasteiger partial charge in [0.1, 0.15) is 6.10 Å². The first-order valence-electron chi connectivity index (χ1n) is 4.90. The quantitative estimate of drug-likeness (QED) is 0.670. The first kappa shape index (κ1) is 11.9. The number of hydrogen-bond donors (Lipinski definition) is 0. The van der Waals surface area contributed by atoms with Crippen LogP contribution in [0.2, 0.25) is 0 Å². The Bertz CT molecular complexity index is 295. The second-order valence-corrected chi connectivity index (χ2v) is 3.24. The molecule has 1 atom stereocenters. The maximum atomic E-state index is 11.9. The van der Waals surface area contributed by atoms with Crippen LogP contribution in [-0.4, -0.2) is 32.7 Å². The highest BCUT2D eigenvalue weighted by atomic mass is 16.5. The Balaban J connectivity index is 2.65. The monoisotopic (exact) mass is 208 g/mol. The number of hydrogen-bond acceptors (Lipinski definition) is 3. The first-order valence-corrected chi connectivity index (χ1v) is 4.90. The summed E-state index contributed by atoms with van der Waals surface area (Å²) in [5.41, 5.74) is 0.681. The van der Waals surface area contributed by atoms with Crippen LogP contribution < -0.4 is 0 Å². The van der Waals surface area contributed by atoms with Crippen LogP contribution in [0.4, 0.5) is 0 Å². The Morgan fingerprint density at radius 3 is 2.47 bits per heavy atom. The van der Waals surface area contributed by atoms with Gasteiger partial charge in [-0.05, 0) is 0 Å². The molecule has 0 aliphatic heterocycles. The van der Waals surface area contributed by atoms with Gasteiger partial charge < -0.3 is 9.47 Å². The highest BCUT2D eigenvalue weighted by Crippen LogP contribution is 2.08. The standard InChI is InChI=1S/C12H16O3/c1-14-9-8-11(15-2)12(13)10-6-4-3-5-7-10/h3-7,11H,8-9H2,1-2H3. The van der Waals surface area contributed by atoms with E-state index in [0.29, 0.717) is 18.6 Å². The van der Waals surface area contributed by atoms with Gasteiger partial charge in [-0.2, -0.15) is 0 Å². The van der Waals surface area contributed by atoms with Crippen molar-refractivity contribution in [3.63, 3.8) is 0 Å². The molecule has 0 spiro atoms. The van der Waals surface area contributed by atoms with Crippen molar-refractivity contribution in [2.24, 2.45) is 0 Å². The van der Waals surface area contributed by atoms with Crippen LogP contribution in [0.5, 0.6) is 0 Å². The predicted molar refractivity (Wildman–Crippen MR) is 58.1 cm³/mol. The van der Waals surface area contributed by atoms with Gasteiger partial charge in [0.2, 0.25) is 0 Å². The van der Waals surface area contributed by atoms with Crippen LogP contribution in [0.1, 0.15) is 16.8 Å². The van der Waals surface area contributed by atoms with Crippen LogP contribution in [-0.2, 0) is 9.47 Å². The van der Waals surface area contributed by atoms with E-state index in [1.165, 1.54) is 0 Å². The molecule has 0 bridgehead atoms. The van der Waals surface area contributed by atoms with Gasteiger partial charge in [-0.25, -0.2) is 0 Å². The van der Waals surface area contributed by atoms with Crippen molar-refractivity contribution in [3.8, 4) is 0 Å². The van der Waals surface area contributed by atoms with E-state index in [1.54, 1.807) is 26.4 Å². The van der Waals surface area contributed by atoms with Gasteiger partial charge in [0, 0.05) is 32.8 Å². The fourth-order valence-electron chi connectivity index (χ4n) is 1.37. The molecule has 1 unspecified atom stereocenters. The number of rotatable bonds is 6. The molecule has 3 nitrogen and oxygen atoms in total. The van der Waals surface area contributed by atoms with Crippen LogP contribution in [0.3, 0.4) is 0 Å². The van der Waals surface area contributed by atoms with Crippen LogP contribution in [0.15, 0.2) is 30.3 Å². The van der Waals surface area contributed by atoms with Gasteiger partial charge in [-0.1, -0.05) is 30.3 Å². The topological polar surface area (TPSA) is 35.5 Å². The zero-order valence-electron chi connectivity index (χ0n) is 9.10. The number of carbonyl (C=O) groups is 1. The maximum Gasteiger partial charge on any atom is 0.191 e. The van der Waals surface area contributed by atoms with Crippen molar-refractivity contribution in [1.29, 1.82) is 0 Å². The van der Waals surface area contributed by atoms with Gasteiger partial charge in [0.25, 0.3) is 0 Å². The third kappa shape index (κ3) is 3.46. The zero-order valence-corrected chi connectivity index (χ0v) is 9.10. The number of carbonyl (C=O) groups excluding carboxylic acids is 1. The van der Waals surface area contributed by atoms with Crippen LogP contribution in [0.25, 0.3) is 0 Å². The molecule has 0 saturated carbocycles. The number of ketones is 1. The molecule has 15 heavy (non-hydrogen) atoms. The van der Waals surface area contributed by atoms with E-state index in [1.807, 2.05) is 18.2 Å². The molecule has 0 aliphatic rings. The lowest BCUT2D eigenvalue weighted by atomic mass is 10.0. The summed E-state index contributed by atoms with van der Waals surface area (Å²) in [6, 6.07) is 9.16. The van der Waals surface area contributed by atoms with Crippen molar-refractivity contribution >= 4 is 5.78 Å². The zero-order chi connectivity index (χ0) is 11.1. The molecule has 3 heteroatoms. The third-order valence-corrected chi connectivity index (χ3v) is 2.22. The fourth-order valence-corrected chi connectivity index (χ4v) is 1.37. The summed E-state index contributed by atoms with van der Waals surface area (Å²) in [6.07, 6.45) is 0.174. The lowest BCUT2D eigenvalue weighted by Gasteiger charge is -2.13. The highest BCUT2D eigenvalue weighted by molar-refractivity contribution is 5.99. The molecule has 0 fully saturated rings. The van der Waals surface area contributed by atoms with E-state index >= 15 is 0 Å². The Labute approximate surface area is 90.0 Å². The van der Waals surface area contributed by atoms with Gasteiger partial charge >= 0.3 is 0 Å². The van der Waals surface area contributed by atoms with Crippen molar-refractivity contribution in [2.45, 2.75) is 12.5 Å². The van der Waals surface area contributed by atoms with Crippen molar-refractivity contribution in [1.82, 2.24) is 0 Å². The third-order valence-electron chi connectivity index (χ3n) is 2.22. The molecule has 1 rings (SSSR count). The fraction of sp³-hybridized carbons (Fsp3) is 0.417. The summed E-state index contributed by atoms with van der Waals surface area (Å²) in [4.78, 5) is 11.9. The summed E-state index contributed by atoms with van der Waals surface area (Å²) >= 11 is 0. The van der Waals surface area contributed by atoms with E-state index in [4.69, 9.17) is 9.47 Å². The van der Waals surface area contributed by atoms with E-state index in [0.717, 1.165) is 0 Å². The molecule has 0 aromatic heterocycles. The Morgan fingerprint density at radius 2 is 1.93 bits per heavy atom. The second-order valence-electron chi connectivity index (χ2n) is 3.24. The normalized spacial score (nSPS) is 12.4. The molecule has 0 saturated heterocycles. The Hall–Kier alpha value is -1.19. The predicted octanol–water partition coefficient (Wildman–Crippen LogP) is 1.92. The number of ether oxygens (including phenoxy) is 2. The molecule has 0 amide bonds. The van der Waals surface area contributed by atoms with Gasteiger partial charge in [0.15, 0.2) is 5.78 Å². The van der Waals surface area contributed by atoms with Crippen molar-refractivity contribution in [3.05, 3.63) is 35.9 Å². The minimum absolute atomic E-state index is 0.00940. The van der Waals surface area contributed by atoms with Crippen LogP contribution >= 0.6 is 0 Å². The van der Waals surface area contributed by atoms with Crippen LogP contribution in [0, 0.1) is 0 Å². The molecule has 0 N–H and O–H groups in total. The van der Waals surface area contributed by atoms with Gasteiger partial charge in [-0.3, -0.25) is 4.79 Å². The molecular formula is C12H16O3. The van der Waals surface area contributed by atoms with E-state index in [-0.39, 0.29) is 5.78 Å². The second kappa shape index (κ2) is 6.32. The smallest absolute Gasteiger partial charge is 0.191 e. The lowest BCUT2D eigenvalue weighted by molar-refractivity contribution is 0.0480. The minimum atomic E-state index is -0.410. The molecular weight excluding hydrogens is 192 g/mol. The summed E-state index contributed by atoms with van der Waals surface area (Å²) in [6.45, 7) is 0.525. The summed E-state index contributed by atoms with van der Waals surface area (Å²) in [5.74, 6) is 0.00940. The summed E-state index contributed by atoms with van der Waals surface area (Å²) in [7, 11) is 3.15. The number of Topliss-reactive ketones (excluding diaryl/α,β-unsaturated/α-hetero) is 1. The van der Waals surface area contributed by atoms with Gasteiger partial charge in [-0.15, -0.1) is 0 Å². The molecule has 0 radical (unpaired) electrons. The molecule has 82 valence electrons. The van der Waals surface area contributed by atoms with E-state index in [9.17, 15) is 4.79 Å². The Morgan fingerprint density at radius 1 is 1.27 bits per heavy atom. The molecule has 0 aliphatic carbocycles. The number of methoxy groups -OCH3 is 2. The van der Waals surface area contributed by atoms with E-state index in [2.05, 4.69) is 0 Å². The average Bonchev–Trinajstić information content (AvgIpc) is 2.31. The Kier molecular flexibility index (Phi) is 5.01. The van der Waals surface area contributed by atoms with Crippen molar-refractivity contribution in [2.75, 3.05) is 20.8 Å². The SMILES string of the molecule is COCCC(OC)C(=O)c1ccccc1. The lowest BCUT2D eigenvalue weighted by Crippen LogP contribution is -2.24. The minimum Gasteiger partial charge on any atom is -0.385 e. The molecule has 1 aromatic carbocycles. The molecule has 0 heterocycles. The van der Waals surface area contributed by atoms with Crippen molar-refractivity contribution < 1.29 is 14.3 Å². The average molecular weight is 208 g/mol. The first-order chi connectivity index (χ1) is 7.29. The number of benzene rings is 1. The molecule has 1 aromatic rings. The summed E-state index contributed by atoms with van der Waals surface area (Å²) < 4.78 is 10.1. The highest BCUT2D eigenvalue weighted by Gasteiger charge is 2.18. The maximum absolute atomic E-state index is 11.9. The van der Waals surface area contributed by atoms with Gasteiger partial charge in [0.05, 0.1) is 0 Å². The summed E-state index contributed by atoms with van der Waals surface area (Å²) in [5, 5.41) is 0. The largest absolute Gasteiger partial charge is 0.385 e. The van der Waals surface area contributed by atoms with E-state index < -0.39 is 6.10 Å².